The zero-order valence-corrected chi connectivity index (χ0v) is 6.85. The van der Waals surface area contributed by atoms with Crippen molar-refractivity contribution in [2.45, 2.75) is 26.3 Å². The molecule has 0 amide bonds. The van der Waals surface area contributed by atoms with Gasteiger partial charge >= 0.3 is 5.97 Å². The van der Waals surface area contributed by atoms with E-state index in [1.807, 2.05) is 13.8 Å². The minimum Gasteiger partial charge on any atom is -0.481 e. The third-order valence-corrected chi connectivity index (χ3v) is 1.62. The maximum absolute atomic E-state index is 10.2. The number of hydrogen-bond acceptors (Lipinski definition) is 2. The van der Waals surface area contributed by atoms with E-state index in [9.17, 15) is 4.79 Å². The summed E-state index contributed by atoms with van der Waals surface area (Å²) in [7, 11) is 0. The Morgan fingerprint density at radius 2 is 2.20 bits per heavy atom. The summed E-state index contributed by atoms with van der Waals surface area (Å²) in [4.78, 5) is 12.6. The highest BCUT2D eigenvalue weighted by molar-refractivity contribution is 6.13. The van der Waals surface area contributed by atoms with Gasteiger partial charge in [0.2, 0.25) is 0 Å². The fourth-order valence-corrected chi connectivity index (χ4v) is 0.918. The van der Waals surface area contributed by atoms with E-state index in [-0.39, 0.29) is 18.4 Å². The monoisotopic (exact) mass is 165 g/mol. The lowest BCUT2D eigenvalue weighted by molar-refractivity contribution is -0.137. The minimum atomic E-state index is -0.827. The Morgan fingerprint density at radius 3 is 2.30 bits per heavy atom. The largest absolute Gasteiger partial charge is 0.481 e. The summed E-state index contributed by atoms with van der Waals surface area (Å²) in [6.07, 6.45) is 0.0706. The first-order valence-corrected chi connectivity index (χ1v) is 3.53. The Bertz CT molecular complexity index is 116. The summed E-state index contributed by atoms with van der Waals surface area (Å²) in [5.41, 5.74) is 0. The number of carbonyl (C=O) groups is 1. The van der Waals surface area contributed by atoms with Crippen molar-refractivity contribution >= 4 is 17.7 Å². The average Bonchev–Trinajstić information content (AvgIpc) is 1.81. The molecule has 0 aliphatic carbocycles. The second-order valence-corrected chi connectivity index (χ2v) is 2.78. The Labute approximate surface area is 65.5 Å². The van der Waals surface area contributed by atoms with Gasteiger partial charge in [-0.05, 0) is 17.7 Å². The highest BCUT2D eigenvalue weighted by Crippen LogP contribution is 2.06. The number of nitrogens with one attached hydrogen (secondary N) is 1. The molecule has 0 aromatic heterocycles. The van der Waals surface area contributed by atoms with Gasteiger partial charge in [-0.1, -0.05) is 13.8 Å². The molecule has 3 nitrogen and oxygen atoms in total. The molecule has 10 heavy (non-hydrogen) atoms. The topological polar surface area (TPSA) is 49.3 Å². The maximum Gasteiger partial charge on any atom is 0.304 e. The first-order valence-electron chi connectivity index (χ1n) is 3.16. The zero-order valence-electron chi connectivity index (χ0n) is 6.10. The van der Waals surface area contributed by atoms with Gasteiger partial charge in [0.05, 0.1) is 6.42 Å². The molecule has 0 bridgehead atoms. The van der Waals surface area contributed by atoms with Crippen LogP contribution < -0.4 is 4.84 Å². The summed E-state index contributed by atoms with van der Waals surface area (Å²) in [5, 5.41) is 8.37. The van der Waals surface area contributed by atoms with Crippen LogP contribution in [-0.4, -0.2) is 17.1 Å². The molecule has 1 unspecified atom stereocenters. The Balaban J connectivity index is 3.71. The van der Waals surface area contributed by atoms with E-state index in [1.54, 1.807) is 0 Å². The van der Waals surface area contributed by atoms with Crippen LogP contribution in [0.25, 0.3) is 0 Å². The van der Waals surface area contributed by atoms with Crippen LogP contribution in [0.4, 0.5) is 0 Å². The van der Waals surface area contributed by atoms with E-state index < -0.39 is 5.97 Å². The van der Waals surface area contributed by atoms with Gasteiger partial charge in [-0.3, -0.25) is 4.79 Å². The zero-order chi connectivity index (χ0) is 8.15. The van der Waals surface area contributed by atoms with Crippen LogP contribution in [0, 0.1) is 5.92 Å². The summed E-state index contributed by atoms with van der Waals surface area (Å²) in [6, 6.07) is -0.140. The lowest BCUT2D eigenvalue weighted by Crippen LogP contribution is -2.29. The van der Waals surface area contributed by atoms with Gasteiger partial charge < -0.3 is 5.11 Å². The number of carboxylic acid groups (broad SMARTS) is 1. The molecule has 60 valence electrons. The molecule has 0 radical (unpaired) electrons. The van der Waals surface area contributed by atoms with Crippen molar-refractivity contribution in [3.63, 3.8) is 0 Å². The molecular weight excluding hydrogens is 154 g/mol. The summed E-state index contributed by atoms with van der Waals surface area (Å²) < 4.78 is 0. The molecule has 0 saturated carbocycles. The number of carboxylic acids is 1. The number of rotatable bonds is 4. The van der Waals surface area contributed by atoms with Crippen LogP contribution in [0.15, 0.2) is 0 Å². The van der Waals surface area contributed by atoms with Crippen LogP contribution in [0.5, 0.6) is 0 Å². The van der Waals surface area contributed by atoms with Crippen molar-refractivity contribution in [1.29, 1.82) is 0 Å². The molecular formula is C6H12ClNO2. The molecule has 1 atom stereocenters. The maximum atomic E-state index is 10.2. The molecule has 0 spiro atoms. The minimum absolute atomic E-state index is 0.0706. The van der Waals surface area contributed by atoms with Gasteiger partial charge in [0, 0.05) is 6.04 Å². The number of hydrogen-bond donors (Lipinski definition) is 2. The first kappa shape index (κ1) is 9.72. The predicted octanol–water partition coefficient (Wildman–Crippen LogP) is 1.23. The van der Waals surface area contributed by atoms with E-state index in [2.05, 4.69) is 4.84 Å². The smallest absolute Gasteiger partial charge is 0.304 e. The predicted molar refractivity (Wildman–Crippen MR) is 39.9 cm³/mol. The second-order valence-electron chi connectivity index (χ2n) is 2.56. The Hall–Kier alpha value is -0.280. The van der Waals surface area contributed by atoms with E-state index in [1.165, 1.54) is 0 Å². The van der Waals surface area contributed by atoms with Gasteiger partial charge in [-0.2, -0.15) is 0 Å². The van der Waals surface area contributed by atoms with E-state index in [4.69, 9.17) is 16.9 Å². The Morgan fingerprint density at radius 1 is 1.70 bits per heavy atom. The van der Waals surface area contributed by atoms with E-state index in [0.717, 1.165) is 0 Å². The third kappa shape index (κ3) is 3.69. The molecule has 0 aromatic rings. The van der Waals surface area contributed by atoms with Crippen LogP contribution in [-0.2, 0) is 4.79 Å². The normalized spacial score (nSPS) is 13.6. The fraction of sp³-hybridized carbons (Fsp3) is 0.833. The summed E-state index contributed by atoms with van der Waals surface area (Å²) in [6.45, 7) is 3.84. The quantitative estimate of drug-likeness (QED) is 0.616. The second kappa shape index (κ2) is 4.52. The van der Waals surface area contributed by atoms with Gasteiger partial charge in [0.15, 0.2) is 0 Å². The molecule has 0 aromatic carbocycles. The standard InChI is InChI=1S/C6H12ClNO2/c1-4(2)5(8-7)3-6(9)10/h4-5,8H,3H2,1-2H3,(H,9,10). The lowest BCUT2D eigenvalue weighted by Gasteiger charge is -2.15. The van der Waals surface area contributed by atoms with Crippen LogP contribution >= 0.6 is 11.8 Å². The molecule has 0 aliphatic rings. The average molecular weight is 166 g/mol. The molecule has 0 saturated heterocycles. The van der Waals surface area contributed by atoms with Crippen molar-refractivity contribution in [2.24, 2.45) is 5.92 Å². The van der Waals surface area contributed by atoms with E-state index >= 15 is 0 Å². The fourth-order valence-electron chi connectivity index (χ4n) is 0.588. The van der Waals surface area contributed by atoms with Gasteiger partial charge in [-0.15, -0.1) is 0 Å². The highest BCUT2D eigenvalue weighted by atomic mass is 35.5. The van der Waals surface area contributed by atoms with E-state index in [0.29, 0.717) is 0 Å². The van der Waals surface area contributed by atoms with Crippen LogP contribution in [0.2, 0.25) is 0 Å². The molecule has 0 rings (SSSR count). The van der Waals surface area contributed by atoms with Gasteiger partial charge in [-0.25, -0.2) is 4.84 Å². The number of halogens is 1. The third-order valence-electron chi connectivity index (χ3n) is 1.34. The van der Waals surface area contributed by atoms with Crippen molar-refractivity contribution in [2.75, 3.05) is 0 Å². The summed E-state index contributed by atoms with van der Waals surface area (Å²) in [5.74, 6) is -0.583. The van der Waals surface area contributed by atoms with Crippen molar-refractivity contribution < 1.29 is 9.90 Å². The molecule has 0 heterocycles. The molecule has 0 aliphatic heterocycles. The Kier molecular flexibility index (Phi) is 4.40. The van der Waals surface area contributed by atoms with Crippen molar-refractivity contribution in [1.82, 2.24) is 4.84 Å². The number of aliphatic carboxylic acids is 1. The van der Waals surface area contributed by atoms with Gasteiger partial charge in [0.25, 0.3) is 0 Å². The SMILES string of the molecule is CC(C)C(CC(=O)O)NCl. The molecule has 4 heteroatoms. The van der Waals surface area contributed by atoms with Crippen LogP contribution in [0.3, 0.4) is 0 Å². The highest BCUT2D eigenvalue weighted by Gasteiger charge is 2.14. The van der Waals surface area contributed by atoms with Crippen molar-refractivity contribution in [3.05, 3.63) is 0 Å². The van der Waals surface area contributed by atoms with Crippen LogP contribution in [0.1, 0.15) is 20.3 Å². The van der Waals surface area contributed by atoms with Crippen molar-refractivity contribution in [3.8, 4) is 0 Å². The first-order chi connectivity index (χ1) is 4.57. The summed E-state index contributed by atoms with van der Waals surface area (Å²) >= 11 is 5.29. The lowest BCUT2D eigenvalue weighted by atomic mass is 10.0. The molecule has 0 fully saturated rings. The molecule has 2 N–H and O–H groups in total. The van der Waals surface area contributed by atoms with Gasteiger partial charge in [0.1, 0.15) is 0 Å².